The van der Waals surface area contributed by atoms with E-state index >= 15 is 0 Å². The minimum atomic E-state index is -1.19. The maximum Gasteiger partial charge on any atom is 0.335 e. The molecule has 0 radical (unpaired) electrons. The van der Waals surface area contributed by atoms with Crippen LogP contribution in [-0.4, -0.2) is 58.3 Å². The Kier molecular flexibility index (Phi) is 7.72. The van der Waals surface area contributed by atoms with Gasteiger partial charge in [-0.2, -0.15) is 5.26 Å². The number of carbonyl (C=O) groups excluding carboxylic acids is 2. The van der Waals surface area contributed by atoms with Crippen LogP contribution in [0, 0.1) is 11.3 Å². The van der Waals surface area contributed by atoms with Crippen molar-refractivity contribution in [2.75, 3.05) is 23.3 Å². The number of aromatic carboxylic acids is 1. The molecule has 1 aliphatic heterocycles. The first-order chi connectivity index (χ1) is 17.8. The number of rotatable bonds is 7. The molecular formula is C27H23ClN4O5. The zero-order chi connectivity index (χ0) is 26.5. The van der Waals surface area contributed by atoms with Crippen molar-refractivity contribution in [2.24, 2.45) is 0 Å². The minimum absolute atomic E-state index is 0.0750. The van der Waals surface area contributed by atoms with Crippen LogP contribution in [0.5, 0.6) is 0 Å². The predicted molar refractivity (Wildman–Crippen MR) is 137 cm³/mol. The number of carboxylic acid groups (broad SMARTS) is 1. The van der Waals surface area contributed by atoms with Gasteiger partial charge in [-0.3, -0.25) is 9.59 Å². The van der Waals surface area contributed by atoms with Crippen LogP contribution in [0.15, 0.2) is 72.8 Å². The molecule has 0 saturated carbocycles. The summed E-state index contributed by atoms with van der Waals surface area (Å²) in [5.74, 6) is -1.98. The van der Waals surface area contributed by atoms with Crippen molar-refractivity contribution in [3.63, 3.8) is 0 Å². The zero-order valence-electron chi connectivity index (χ0n) is 19.5. The van der Waals surface area contributed by atoms with Crippen molar-refractivity contribution in [3.8, 4) is 6.07 Å². The van der Waals surface area contributed by atoms with Crippen LogP contribution in [0.3, 0.4) is 0 Å². The Morgan fingerprint density at radius 3 is 2.46 bits per heavy atom. The van der Waals surface area contributed by atoms with Gasteiger partial charge in [-0.1, -0.05) is 41.9 Å². The summed E-state index contributed by atoms with van der Waals surface area (Å²) in [5, 5.41) is 32.7. The number of anilines is 2. The largest absolute Gasteiger partial charge is 0.478 e. The second-order valence-electron chi connectivity index (χ2n) is 8.51. The molecule has 37 heavy (non-hydrogen) atoms. The summed E-state index contributed by atoms with van der Waals surface area (Å²) in [6.45, 7) is -0.443. The second kappa shape index (κ2) is 11.1. The number of nitrogens with one attached hydrogen (secondary N) is 1. The highest BCUT2D eigenvalue weighted by molar-refractivity contribution is 6.31. The van der Waals surface area contributed by atoms with E-state index in [-0.39, 0.29) is 30.6 Å². The highest BCUT2D eigenvalue weighted by Gasteiger charge is 2.38. The average Bonchev–Trinajstić information content (AvgIpc) is 2.89. The van der Waals surface area contributed by atoms with E-state index in [9.17, 15) is 24.8 Å². The van der Waals surface area contributed by atoms with Crippen LogP contribution >= 0.6 is 11.6 Å². The first-order valence-electron chi connectivity index (χ1n) is 11.4. The van der Waals surface area contributed by atoms with Gasteiger partial charge in [0, 0.05) is 17.1 Å². The number of nitriles is 1. The highest BCUT2D eigenvalue weighted by Crippen LogP contribution is 2.29. The minimum Gasteiger partial charge on any atom is -0.478 e. The van der Waals surface area contributed by atoms with Gasteiger partial charge in [-0.15, -0.1) is 0 Å². The fourth-order valence-electron chi connectivity index (χ4n) is 4.21. The van der Waals surface area contributed by atoms with Gasteiger partial charge in [0.2, 0.25) is 11.8 Å². The number of hydrogen-bond donors (Lipinski definition) is 3. The van der Waals surface area contributed by atoms with Crippen LogP contribution in [0.4, 0.5) is 11.4 Å². The molecule has 0 aromatic heterocycles. The Labute approximate surface area is 218 Å². The van der Waals surface area contributed by atoms with Crippen LogP contribution in [0.25, 0.3) is 0 Å². The fourth-order valence-corrected chi connectivity index (χ4v) is 4.37. The van der Waals surface area contributed by atoms with Crippen LogP contribution in [0.2, 0.25) is 5.02 Å². The zero-order valence-corrected chi connectivity index (χ0v) is 20.3. The molecule has 3 aromatic carbocycles. The Balaban J connectivity index is 1.59. The third-order valence-electron chi connectivity index (χ3n) is 6.09. The predicted octanol–water partition coefficient (Wildman–Crippen LogP) is 3.13. The third kappa shape index (κ3) is 5.89. The first kappa shape index (κ1) is 25.7. The monoisotopic (exact) mass is 518 g/mol. The molecule has 9 nitrogen and oxygen atoms in total. The molecule has 2 atom stereocenters. The van der Waals surface area contributed by atoms with E-state index in [0.717, 1.165) is 5.56 Å². The number of amides is 2. The lowest BCUT2D eigenvalue weighted by Gasteiger charge is -2.42. The molecule has 1 aliphatic rings. The van der Waals surface area contributed by atoms with Gasteiger partial charge in [0.1, 0.15) is 18.3 Å². The van der Waals surface area contributed by atoms with Gasteiger partial charge in [-0.05, 0) is 48.0 Å². The summed E-state index contributed by atoms with van der Waals surface area (Å²) in [7, 11) is 0. The number of hydrogen-bond acceptors (Lipinski definition) is 6. The number of nitrogens with zero attached hydrogens (tertiary/aromatic N) is 3. The molecule has 2 unspecified atom stereocenters. The van der Waals surface area contributed by atoms with E-state index in [1.54, 1.807) is 6.07 Å². The van der Waals surface area contributed by atoms with Crippen LogP contribution in [-0.2, 0) is 16.0 Å². The molecule has 4 rings (SSSR count). The standard InChI is InChI=1S/C27H23ClN4O5/c28-20-9-6-19(14-29)22(13-20)31-15-25(34)32(16-24(31)33)23(12-17-4-2-1-3-5-17)26(35)30-21-10-7-18(8-11-21)27(36)37/h1-11,13,23-24,33H,12,15-16H2,(H,30,35)(H,36,37). The average molecular weight is 519 g/mol. The van der Waals surface area contributed by atoms with Gasteiger partial charge in [0.05, 0.1) is 29.9 Å². The Morgan fingerprint density at radius 2 is 1.81 bits per heavy atom. The maximum absolute atomic E-state index is 13.4. The summed E-state index contributed by atoms with van der Waals surface area (Å²) < 4.78 is 0. The van der Waals surface area contributed by atoms with Crippen molar-refractivity contribution >= 4 is 40.8 Å². The lowest BCUT2D eigenvalue weighted by atomic mass is 10.0. The van der Waals surface area contributed by atoms with Crippen molar-refractivity contribution in [1.29, 1.82) is 5.26 Å². The molecule has 0 aliphatic carbocycles. The molecule has 10 heteroatoms. The lowest BCUT2D eigenvalue weighted by Crippen LogP contribution is -2.61. The van der Waals surface area contributed by atoms with E-state index in [1.807, 2.05) is 36.4 Å². The number of benzene rings is 3. The maximum atomic E-state index is 13.4. The summed E-state index contributed by atoms with van der Waals surface area (Å²) >= 11 is 6.09. The highest BCUT2D eigenvalue weighted by atomic mass is 35.5. The van der Waals surface area contributed by atoms with Crippen molar-refractivity contribution in [2.45, 2.75) is 18.7 Å². The van der Waals surface area contributed by atoms with E-state index in [0.29, 0.717) is 16.4 Å². The molecule has 1 fully saturated rings. The van der Waals surface area contributed by atoms with Gasteiger partial charge in [0.25, 0.3) is 0 Å². The molecule has 188 valence electrons. The van der Waals surface area contributed by atoms with Crippen molar-refractivity contribution < 1.29 is 24.6 Å². The Bertz CT molecular complexity index is 1360. The van der Waals surface area contributed by atoms with Crippen molar-refractivity contribution in [3.05, 3.63) is 94.5 Å². The number of aliphatic hydroxyl groups is 1. The molecule has 0 bridgehead atoms. The molecule has 1 saturated heterocycles. The van der Waals surface area contributed by atoms with Crippen LogP contribution in [0.1, 0.15) is 21.5 Å². The van der Waals surface area contributed by atoms with E-state index in [2.05, 4.69) is 5.32 Å². The topological polar surface area (TPSA) is 134 Å². The van der Waals surface area contributed by atoms with E-state index in [4.69, 9.17) is 16.7 Å². The second-order valence-corrected chi connectivity index (χ2v) is 8.94. The number of carbonyl (C=O) groups is 3. The van der Waals surface area contributed by atoms with Gasteiger partial charge >= 0.3 is 5.97 Å². The smallest absolute Gasteiger partial charge is 0.335 e. The number of aliphatic hydroxyl groups excluding tert-OH is 1. The number of halogens is 1. The molecule has 2 amide bonds. The number of carboxylic acids is 1. The number of piperazine rings is 1. The van der Waals surface area contributed by atoms with Gasteiger partial charge < -0.3 is 25.3 Å². The van der Waals surface area contributed by atoms with Gasteiger partial charge in [0.15, 0.2) is 0 Å². The summed E-state index contributed by atoms with van der Waals surface area (Å²) in [6.07, 6.45) is -0.997. The molecular weight excluding hydrogens is 496 g/mol. The third-order valence-corrected chi connectivity index (χ3v) is 6.32. The molecule has 3 N–H and O–H groups in total. The quantitative estimate of drug-likeness (QED) is 0.437. The van der Waals surface area contributed by atoms with E-state index < -0.39 is 30.1 Å². The first-order valence-corrected chi connectivity index (χ1v) is 11.8. The van der Waals surface area contributed by atoms with Gasteiger partial charge in [-0.25, -0.2) is 4.79 Å². The number of β-amino-alcohol motifs (C(OH)–C–C–N with tert-alkyl or cyclic N) is 1. The fraction of sp³-hybridized carbons (Fsp3) is 0.185. The van der Waals surface area contributed by atoms with Crippen LogP contribution < -0.4 is 10.2 Å². The molecule has 1 heterocycles. The molecule has 3 aromatic rings. The summed E-state index contributed by atoms with van der Waals surface area (Å²) in [4.78, 5) is 40.6. The summed E-state index contributed by atoms with van der Waals surface area (Å²) in [5.41, 5.74) is 1.85. The summed E-state index contributed by atoms with van der Waals surface area (Å²) in [6, 6.07) is 20.5. The lowest BCUT2D eigenvalue weighted by molar-refractivity contribution is -0.142. The van der Waals surface area contributed by atoms with Crippen molar-refractivity contribution in [1.82, 2.24) is 4.90 Å². The molecule has 0 spiro atoms. The Morgan fingerprint density at radius 1 is 1.11 bits per heavy atom. The SMILES string of the molecule is N#Cc1ccc(Cl)cc1N1CC(=O)N(C(Cc2ccccc2)C(=O)Nc2ccc(C(=O)O)cc2)CC1O. The Hall–Kier alpha value is -4.39. The normalized spacial score (nSPS) is 16.1. The van der Waals surface area contributed by atoms with E-state index in [1.165, 1.54) is 46.2 Å².